The molecule has 6 nitrogen and oxygen atoms in total. The van der Waals surface area contributed by atoms with E-state index in [0.717, 1.165) is 29.0 Å². The Morgan fingerprint density at radius 3 is 2.50 bits per heavy atom. The van der Waals surface area contributed by atoms with E-state index in [1.54, 1.807) is 0 Å². The molecule has 1 rings (SSSR count). The van der Waals surface area contributed by atoms with Crippen molar-refractivity contribution in [1.29, 1.82) is 5.41 Å². The number of amides is 2. The van der Waals surface area contributed by atoms with Gasteiger partial charge in [-0.2, -0.15) is 0 Å². The number of carbonyl (C=O) groups excluding carboxylic acids is 1. The van der Waals surface area contributed by atoms with Gasteiger partial charge in [0.1, 0.15) is 0 Å². The van der Waals surface area contributed by atoms with Crippen molar-refractivity contribution in [1.82, 2.24) is 5.06 Å². The van der Waals surface area contributed by atoms with E-state index in [9.17, 15) is 4.79 Å². The first-order valence-corrected chi connectivity index (χ1v) is 6.61. The second kappa shape index (κ2) is 7.49. The van der Waals surface area contributed by atoms with Crippen LogP contribution in [0.4, 0.5) is 10.5 Å². The molecule has 0 unspecified atom stereocenters. The van der Waals surface area contributed by atoms with Gasteiger partial charge in [0.05, 0.1) is 6.61 Å². The largest absolute Gasteiger partial charge is 0.368 e. The van der Waals surface area contributed by atoms with E-state index >= 15 is 0 Å². The number of anilines is 1. The number of carbonyl (C=O) groups is 1. The van der Waals surface area contributed by atoms with Crippen LogP contribution in [0.3, 0.4) is 0 Å². The van der Waals surface area contributed by atoms with Crippen LogP contribution in [-0.2, 0) is 4.84 Å². The van der Waals surface area contributed by atoms with Crippen molar-refractivity contribution in [3.8, 4) is 0 Å². The van der Waals surface area contributed by atoms with Crippen LogP contribution in [0, 0.1) is 19.3 Å². The third-order valence-corrected chi connectivity index (χ3v) is 2.83. The summed E-state index contributed by atoms with van der Waals surface area (Å²) in [6.45, 7) is 6.16. The Labute approximate surface area is 119 Å². The molecule has 0 bridgehead atoms. The van der Waals surface area contributed by atoms with Gasteiger partial charge in [-0.1, -0.05) is 31.5 Å². The number of nitrogens with one attached hydrogen (secondary N) is 2. The van der Waals surface area contributed by atoms with Gasteiger partial charge in [-0.25, -0.2) is 4.79 Å². The molecular weight excluding hydrogens is 256 g/mol. The van der Waals surface area contributed by atoms with Gasteiger partial charge in [0.15, 0.2) is 0 Å². The summed E-state index contributed by atoms with van der Waals surface area (Å²) in [5.74, 6) is -0.440. The number of hydroxylamine groups is 2. The average molecular weight is 278 g/mol. The number of aryl methyl sites for hydroxylation is 2. The summed E-state index contributed by atoms with van der Waals surface area (Å²) >= 11 is 0. The molecule has 0 aromatic heterocycles. The summed E-state index contributed by atoms with van der Waals surface area (Å²) in [7, 11) is 0. The second-order valence-electron chi connectivity index (χ2n) is 4.56. The number of unbranched alkanes of at least 4 members (excludes halogenated alkanes) is 1. The molecule has 1 aromatic rings. The van der Waals surface area contributed by atoms with Gasteiger partial charge in [0.2, 0.25) is 5.96 Å². The van der Waals surface area contributed by atoms with E-state index in [-0.39, 0.29) is 0 Å². The fourth-order valence-electron chi connectivity index (χ4n) is 1.71. The molecule has 0 radical (unpaired) electrons. The maximum Gasteiger partial charge on any atom is 0.353 e. The number of nitrogens with zero attached hydrogens (tertiary/aromatic N) is 1. The quantitative estimate of drug-likeness (QED) is 0.335. The molecule has 0 saturated carbocycles. The molecule has 110 valence electrons. The molecule has 0 saturated heterocycles. The minimum atomic E-state index is -0.564. The van der Waals surface area contributed by atoms with Gasteiger partial charge in [-0.15, -0.1) is 5.06 Å². The second-order valence-corrected chi connectivity index (χ2v) is 4.56. The first kappa shape index (κ1) is 16.0. The number of hydrogen-bond donors (Lipinski definition) is 3. The molecular formula is C14H22N4O2. The van der Waals surface area contributed by atoms with Crippen LogP contribution in [0.25, 0.3) is 0 Å². The number of benzene rings is 1. The lowest BCUT2D eigenvalue weighted by atomic mass is 10.1. The lowest BCUT2D eigenvalue weighted by molar-refractivity contribution is -0.0601. The highest BCUT2D eigenvalue weighted by Crippen LogP contribution is 2.19. The van der Waals surface area contributed by atoms with E-state index in [1.165, 1.54) is 0 Å². The Morgan fingerprint density at radius 2 is 2.00 bits per heavy atom. The van der Waals surface area contributed by atoms with Crippen LogP contribution in [-0.4, -0.2) is 23.7 Å². The predicted octanol–water partition coefficient (Wildman–Crippen LogP) is 2.76. The highest BCUT2D eigenvalue weighted by Gasteiger charge is 2.19. The third kappa shape index (κ3) is 4.24. The van der Waals surface area contributed by atoms with Crippen molar-refractivity contribution in [2.45, 2.75) is 33.6 Å². The maximum atomic E-state index is 12.1. The first-order valence-electron chi connectivity index (χ1n) is 6.61. The smallest absolute Gasteiger partial charge is 0.353 e. The number of rotatable bonds is 5. The van der Waals surface area contributed by atoms with Crippen molar-refractivity contribution in [2.24, 2.45) is 5.73 Å². The minimum Gasteiger partial charge on any atom is -0.368 e. The Morgan fingerprint density at radius 1 is 1.40 bits per heavy atom. The van der Waals surface area contributed by atoms with Crippen molar-refractivity contribution in [2.75, 3.05) is 11.9 Å². The molecule has 0 atom stereocenters. The average Bonchev–Trinajstić information content (AvgIpc) is 2.38. The summed E-state index contributed by atoms with van der Waals surface area (Å²) in [5, 5.41) is 10.9. The lowest BCUT2D eigenvalue weighted by Gasteiger charge is -2.21. The highest BCUT2D eigenvalue weighted by atomic mass is 16.7. The molecule has 0 aliphatic carbocycles. The summed E-state index contributed by atoms with van der Waals surface area (Å²) in [6, 6.07) is 5.16. The standard InChI is InChI=1S/C14H22N4O2/c1-4-5-9-20-18(13(15)16)14(19)17-12-10(2)7-6-8-11(12)3/h6-8H,4-5,9H2,1-3H3,(H3,15,16)(H,17,19). The minimum absolute atomic E-state index is 0.344. The summed E-state index contributed by atoms with van der Waals surface area (Å²) < 4.78 is 0. The SMILES string of the molecule is CCCCON(C(=N)N)C(=O)Nc1c(C)cccc1C. The van der Waals surface area contributed by atoms with Crippen LogP contribution in [0.15, 0.2) is 18.2 Å². The Kier molecular flexibility index (Phi) is 5.99. The molecule has 6 heteroatoms. The Hall–Kier alpha value is -2.08. The van der Waals surface area contributed by atoms with Crippen molar-refractivity contribution in [3.05, 3.63) is 29.3 Å². The predicted molar refractivity (Wildman–Crippen MR) is 79.5 cm³/mol. The number of guanidine groups is 1. The normalized spacial score (nSPS) is 10.2. The number of hydrogen-bond acceptors (Lipinski definition) is 3. The monoisotopic (exact) mass is 278 g/mol. The molecule has 4 N–H and O–H groups in total. The third-order valence-electron chi connectivity index (χ3n) is 2.83. The van der Waals surface area contributed by atoms with Gasteiger partial charge in [0.25, 0.3) is 0 Å². The number of nitrogens with two attached hydrogens (primary N) is 1. The molecule has 0 aliphatic heterocycles. The van der Waals surface area contributed by atoms with Crippen LogP contribution in [0.2, 0.25) is 0 Å². The molecule has 2 amide bonds. The van der Waals surface area contributed by atoms with Crippen molar-refractivity contribution >= 4 is 17.7 Å². The van der Waals surface area contributed by atoms with Gasteiger partial charge >= 0.3 is 6.03 Å². The summed E-state index contributed by atoms with van der Waals surface area (Å²) in [5.41, 5.74) is 7.96. The Bertz CT molecular complexity index is 468. The fraction of sp³-hybridized carbons (Fsp3) is 0.429. The topological polar surface area (TPSA) is 91.4 Å². The summed E-state index contributed by atoms with van der Waals surface area (Å²) in [6.07, 6.45) is 1.73. The van der Waals surface area contributed by atoms with Gasteiger partial charge < -0.3 is 11.1 Å². The first-order chi connectivity index (χ1) is 9.47. The zero-order valence-electron chi connectivity index (χ0n) is 12.2. The fourth-order valence-corrected chi connectivity index (χ4v) is 1.71. The van der Waals surface area contributed by atoms with Crippen LogP contribution < -0.4 is 11.1 Å². The molecule has 0 spiro atoms. The molecule has 0 fully saturated rings. The van der Waals surface area contributed by atoms with Crippen LogP contribution in [0.1, 0.15) is 30.9 Å². The van der Waals surface area contributed by atoms with E-state index in [0.29, 0.717) is 12.3 Å². The Balaban J connectivity index is 2.78. The zero-order valence-corrected chi connectivity index (χ0v) is 12.2. The molecule has 0 heterocycles. The van der Waals surface area contributed by atoms with E-state index in [1.807, 2.05) is 39.0 Å². The van der Waals surface area contributed by atoms with Gasteiger partial charge in [-0.3, -0.25) is 10.2 Å². The van der Waals surface area contributed by atoms with Crippen molar-refractivity contribution in [3.63, 3.8) is 0 Å². The number of para-hydroxylation sites is 1. The van der Waals surface area contributed by atoms with Gasteiger partial charge in [-0.05, 0) is 31.4 Å². The van der Waals surface area contributed by atoms with Crippen LogP contribution >= 0.6 is 0 Å². The molecule has 1 aromatic carbocycles. The van der Waals surface area contributed by atoms with E-state index in [2.05, 4.69) is 5.32 Å². The zero-order chi connectivity index (χ0) is 15.1. The number of urea groups is 1. The maximum absolute atomic E-state index is 12.1. The molecule has 20 heavy (non-hydrogen) atoms. The van der Waals surface area contributed by atoms with Crippen molar-refractivity contribution < 1.29 is 9.63 Å². The highest BCUT2D eigenvalue weighted by molar-refractivity contribution is 6.00. The van der Waals surface area contributed by atoms with E-state index in [4.69, 9.17) is 16.0 Å². The van der Waals surface area contributed by atoms with E-state index < -0.39 is 12.0 Å². The molecule has 0 aliphatic rings. The van der Waals surface area contributed by atoms with Crippen LogP contribution in [0.5, 0.6) is 0 Å². The van der Waals surface area contributed by atoms with Gasteiger partial charge in [0, 0.05) is 5.69 Å². The lowest BCUT2D eigenvalue weighted by Crippen LogP contribution is -2.44. The summed E-state index contributed by atoms with van der Waals surface area (Å²) in [4.78, 5) is 17.4.